The highest BCUT2D eigenvalue weighted by Gasteiger charge is 2.65. The van der Waals surface area contributed by atoms with Gasteiger partial charge < -0.3 is 19.7 Å². The number of ether oxygens (including phenoxy) is 2. The molecule has 0 spiro atoms. The molecular formula is C27H45N3O5. The molecule has 35 heavy (non-hydrogen) atoms. The molecule has 0 amide bonds. The fraction of sp³-hybridized carbons (Fsp3) is 0.963. The van der Waals surface area contributed by atoms with E-state index in [9.17, 15) is 15.0 Å². The van der Waals surface area contributed by atoms with E-state index in [-0.39, 0.29) is 41.0 Å². The number of esters is 1. The molecule has 0 aromatic carbocycles. The number of hydrogen-bond acceptors (Lipinski definition) is 6. The Morgan fingerprint density at radius 1 is 1.17 bits per heavy atom. The highest BCUT2D eigenvalue weighted by atomic mass is 16.5. The highest BCUT2D eigenvalue weighted by Crippen LogP contribution is 2.68. The summed E-state index contributed by atoms with van der Waals surface area (Å²) in [6.07, 6.45) is 7.24. The molecule has 0 heterocycles. The molecule has 4 rings (SSSR count). The van der Waals surface area contributed by atoms with Crippen LogP contribution in [0.2, 0.25) is 0 Å². The van der Waals surface area contributed by atoms with Crippen molar-refractivity contribution in [3.05, 3.63) is 10.4 Å². The molecule has 2 N–H and O–H groups in total. The first-order chi connectivity index (χ1) is 16.7. The Hall–Kier alpha value is -1.34. The number of fused-ring (bicyclic) bond motifs is 5. The van der Waals surface area contributed by atoms with Gasteiger partial charge in [0.25, 0.3) is 0 Å². The van der Waals surface area contributed by atoms with Gasteiger partial charge in [0.15, 0.2) is 0 Å². The Bertz CT molecular complexity index is 819. The number of azide groups is 1. The lowest BCUT2D eigenvalue weighted by Crippen LogP contribution is -2.62. The third-order valence-corrected chi connectivity index (χ3v) is 11.1. The number of rotatable bonds is 8. The van der Waals surface area contributed by atoms with Crippen LogP contribution in [-0.2, 0) is 14.3 Å². The molecule has 0 bridgehead atoms. The molecular weight excluding hydrogens is 446 g/mol. The molecule has 0 aromatic rings. The van der Waals surface area contributed by atoms with Crippen LogP contribution in [0.3, 0.4) is 0 Å². The monoisotopic (exact) mass is 491 g/mol. The number of hydrogen-bond donors (Lipinski definition) is 2. The molecule has 4 fully saturated rings. The van der Waals surface area contributed by atoms with Crippen molar-refractivity contribution in [2.24, 2.45) is 51.5 Å². The van der Waals surface area contributed by atoms with Gasteiger partial charge in [0, 0.05) is 17.9 Å². The van der Waals surface area contributed by atoms with E-state index in [2.05, 4.69) is 30.8 Å². The van der Waals surface area contributed by atoms with E-state index in [1.165, 1.54) is 7.11 Å². The Kier molecular flexibility index (Phi) is 8.07. The van der Waals surface area contributed by atoms with Crippen LogP contribution in [0.4, 0.5) is 0 Å². The first-order valence-corrected chi connectivity index (χ1v) is 13.7. The van der Waals surface area contributed by atoms with Crippen LogP contribution >= 0.6 is 0 Å². The van der Waals surface area contributed by atoms with Gasteiger partial charge in [-0.25, -0.2) is 0 Å². The number of carbonyl (C=O) groups is 1. The Morgan fingerprint density at radius 3 is 2.66 bits per heavy atom. The normalized spacial score (nSPS) is 45.4. The van der Waals surface area contributed by atoms with Crippen molar-refractivity contribution in [2.45, 2.75) is 96.9 Å². The number of aliphatic hydroxyl groups excluding tert-OH is 2. The zero-order chi connectivity index (χ0) is 25.4. The van der Waals surface area contributed by atoms with Crippen molar-refractivity contribution in [3.63, 3.8) is 0 Å². The quantitative estimate of drug-likeness (QED) is 0.165. The highest BCUT2D eigenvalue weighted by molar-refractivity contribution is 5.69. The minimum atomic E-state index is -0.387. The van der Waals surface area contributed by atoms with Gasteiger partial charge in [-0.05, 0) is 103 Å². The lowest BCUT2D eigenvalue weighted by atomic mass is 9.43. The van der Waals surface area contributed by atoms with Crippen molar-refractivity contribution < 1.29 is 24.5 Å². The Balaban J connectivity index is 1.48. The lowest BCUT2D eigenvalue weighted by molar-refractivity contribution is -0.209. The summed E-state index contributed by atoms with van der Waals surface area (Å²) in [7, 11) is 1.44. The van der Waals surface area contributed by atoms with E-state index in [1.807, 2.05) is 0 Å². The number of carbonyl (C=O) groups excluding carboxylic acids is 1. The Labute approximate surface area is 209 Å². The average molecular weight is 492 g/mol. The molecule has 0 radical (unpaired) electrons. The predicted octanol–water partition coefficient (Wildman–Crippen LogP) is 4.87. The fourth-order valence-corrected chi connectivity index (χ4v) is 9.22. The van der Waals surface area contributed by atoms with Gasteiger partial charge in [-0.3, -0.25) is 4.79 Å². The van der Waals surface area contributed by atoms with Gasteiger partial charge in [0.05, 0.1) is 32.0 Å². The summed E-state index contributed by atoms with van der Waals surface area (Å²) in [6, 6.07) is 0. The summed E-state index contributed by atoms with van der Waals surface area (Å²) in [5.74, 6) is 1.75. The maximum atomic E-state index is 11.7. The van der Waals surface area contributed by atoms with E-state index >= 15 is 0 Å². The first-order valence-electron chi connectivity index (χ1n) is 13.7. The predicted molar refractivity (Wildman–Crippen MR) is 132 cm³/mol. The summed E-state index contributed by atoms with van der Waals surface area (Å²) in [5.41, 5.74) is 8.36. The van der Waals surface area contributed by atoms with Crippen LogP contribution < -0.4 is 0 Å². The van der Waals surface area contributed by atoms with Crippen LogP contribution in [0, 0.1) is 46.3 Å². The van der Waals surface area contributed by atoms with Crippen LogP contribution in [0.1, 0.15) is 78.6 Å². The second-order valence-electron chi connectivity index (χ2n) is 12.4. The van der Waals surface area contributed by atoms with Gasteiger partial charge in [-0.2, -0.15) is 0 Å². The lowest BCUT2D eigenvalue weighted by Gasteiger charge is -2.63. The molecule has 2 unspecified atom stereocenters. The molecule has 0 aromatic heterocycles. The topological polar surface area (TPSA) is 125 Å². The molecule has 0 saturated heterocycles. The summed E-state index contributed by atoms with van der Waals surface area (Å²) in [5, 5.41) is 26.8. The summed E-state index contributed by atoms with van der Waals surface area (Å²) < 4.78 is 10.9. The minimum Gasteiger partial charge on any atom is -0.469 e. The van der Waals surface area contributed by atoms with Crippen LogP contribution in [-0.4, -0.2) is 54.8 Å². The summed E-state index contributed by atoms with van der Waals surface area (Å²) >= 11 is 0. The molecule has 11 atom stereocenters. The van der Waals surface area contributed by atoms with Gasteiger partial charge in [-0.1, -0.05) is 25.9 Å². The minimum absolute atomic E-state index is 0.103. The zero-order valence-corrected chi connectivity index (χ0v) is 21.9. The van der Waals surface area contributed by atoms with Crippen LogP contribution in [0.15, 0.2) is 5.11 Å². The van der Waals surface area contributed by atoms with Gasteiger partial charge >= 0.3 is 5.97 Å². The Morgan fingerprint density at radius 2 is 1.94 bits per heavy atom. The van der Waals surface area contributed by atoms with E-state index in [0.717, 1.165) is 51.4 Å². The number of methoxy groups -OCH3 is 1. The molecule has 8 heteroatoms. The smallest absolute Gasteiger partial charge is 0.305 e. The van der Waals surface area contributed by atoms with Crippen molar-refractivity contribution in [1.82, 2.24) is 0 Å². The van der Waals surface area contributed by atoms with Crippen LogP contribution in [0.5, 0.6) is 0 Å². The number of nitrogens with zero attached hydrogens (tertiary/aromatic N) is 3. The molecule has 8 nitrogen and oxygen atoms in total. The second kappa shape index (κ2) is 10.6. The molecule has 4 aliphatic carbocycles. The van der Waals surface area contributed by atoms with E-state index < -0.39 is 0 Å². The average Bonchev–Trinajstić information content (AvgIpc) is 3.20. The van der Waals surface area contributed by atoms with Gasteiger partial charge in [0.2, 0.25) is 0 Å². The largest absolute Gasteiger partial charge is 0.469 e. The van der Waals surface area contributed by atoms with E-state index in [1.54, 1.807) is 0 Å². The second-order valence-corrected chi connectivity index (χ2v) is 12.4. The molecule has 198 valence electrons. The van der Waals surface area contributed by atoms with Crippen molar-refractivity contribution >= 4 is 5.97 Å². The number of aliphatic hydroxyl groups is 2. The fourth-order valence-electron chi connectivity index (χ4n) is 9.22. The molecule has 0 aliphatic heterocycles. The SMILES string of the molecule is COC(=O)CCC(C)C1CC[C@H]2[C@@H]3[C@H](O)C[C@@H]4C[C@@H](OCCN=[N+]=[N-])CC[C@]4(C)[C@H]3C[C@H](O)[C@]12C. The van der Waals surface area contributed by atoms with E-state index in [4.69, 9.17) is 15.0 Å². The zero-order valence-electron chi connectivity index (χ0n) is 21.9. The maximum absolute atomic E-state index is 11.7. The maximum Gasteiger partial charge on any atom is 0.305 e. The molecule has 4 saturated carbocycles. The molecule has 4 aliphatic rings. The van der Waals surface area contributed by atoms with Gasteiger partial charge in [0.1, 0.15) is 0 Å². The van der Waals surface area contributed by atoms with Gasteiger partial charge in [-0.15, -0.1) is 0 Å². The third kappa shape index (κ3) is 4.72. The van der Waals surface area contributed by atoms with Crippen LogP contribution in [0.25, 0.3) is 10.4 Å². The third-order valence-electron chi connectivity index (χ3n) is 11.1. The van der Waals surface area contributed by atoms with Crippen molar-refractivity contribution in [1.29, 1.82) is 0 Å². The first kappa shape index (κ1) is 26.7. The summed E-state index contributed by atoms with van der Waals surface area (Å²) in [6.45, 7) is 7.69. The summed E-state index contributed by atoms with van der Waals surface area (Å²) in [4.78, 5) is 14.5. The van der Waals surface area contributed by atoms with Crippen molar-refractivity contribution in [2.75, 3.05) is 20.3 Å². The van der Waals surface area contributed by atoms with Crippen molar-refractivity contribution in [3.8, 4) is 0 Å². The standard InChI is InChI=1S/C27H45N3O5/c1-16(5-8-24(33)34-4)19-6-7-20-25-21(15-23(32)27(19,20)3)26(2)10-9-18(35-12-11-29-30-28)13-17(26)14-22(25)31/h16-23,25,31-32H,5-15H2,1-4H3/t16?,17-,18-,19?,20-,21-,22+,23-,25-,26-,27+/m0/s1. The van der Waals surface area contributed by atoms with E-state index in [0.29, 0.717) is 49.2 Å².